The molecule has 6 heteroatoms. The number of thioether (sulfide) groups is 1. The summed E-state index contributed by atoms with van der Waals surface area (Å²) < 4.78 is 0. The number of hydrogen-bond acceptors (Lipinski definition) is 6. The molecule has 1 N–H and O–H groups in total. The van der Waals surface area contributed by atoms with Crippen molar-refractivity contribution in [2.75, 3.05) is 11.9 Å². The predicted molar refractivity (Wildman–Crippen MR) is 76.9 cm³/mol. The number of rotatable bonds is 4. The van der Waals surface area contributed by atoms with Gasteiger partial charge in [0.15, 0.2) is 5.82 Å². The molecule has 0 saturated carbocycles. The van der Waals surface area contributed by atoms with Crippen LogP contribution in [0.2, 0.25) is 0 Å². The molecule has 0 saturated heterocycles. The normalized spacial score (nSPS) is 13.6. The number of hydrogen-bond donors (Lipinski definition) is 1. The Hall–Kier alpha value is -1.14. The van der Waals surface area contributed by atoms with Crippen molar-refractivity contribution in [3.8, 4) is 10.7 Å². The minimum absolute atomic E-state index is 0.803. The molecule has 0 spiro atoms. The molecular weight excluding hydrogens is 264 g/mol. The van der Waals surface area contributed by atoms with Crippen molar-refractivity contribution in [2.45, 2.75) is 24.9 Å². The summed E-state index contributed by atoms with van der Waals surface area (Å²) in [5.41, 5.74) is 4.28. The molecule has 0 aromatic carbocycles. The van der Waals surface area contributed by atoms with Gasteiger partial charge in [-0.2, -0.15) is 11.8 Å². The van der Waals surface area contributed by atoms with E-state index in [0.717, 1.165) is 41.0 Å². The van der Waals surface area contributed by atoms with Crippen molar-refractivity contribution < 1.29 is 0 Å². The number of thiazole rings is 1. The van der Waals surface area contributed by atoms with Gasteiger partial charge in [0.05, 0.1) is 16.1 Å². The molecule has 0 unspecified atom stereocenters. The lowest BCUT2D eigenvalue weighted by molar-refractivity contribution is 0.955. The maximum atomic E-state index is 4.66. The van der Waals surface area contributed by atoms with E-state index in [1.165, 1.54) is 11.3 Å². The molecule has 0 fully saturated rings. The zero-order valence-electron chi connectivity index (χ0n) is 10.1. The third-order valence-corrected chi connectivity index (χ3v) is 4.51. The molecule has 18 heavy (non-hydrogen) atoms. The average Bonchev–Trinajstić information content (AvgIpc) is 3.05. The molecule has 0 atom stereocenters. The van der Waals surface area contributed by atoms with E-state index in [-0.39, 0.29) is 0 Å². The van der Waals surface area contributed by atoms with Gasteiger partial charge in [-0.25, -0.2) is 9.97 Å². The highest BCUT2D eigenvalue weighted by molar-refractivity contribution is 7.98. The Balaban J connectivity index is 2.02. The summed E-state index contributed by atoms with van der Waals surface area (Å²) in [4.78, 5) is 14.5. The molecule has 2 aromatic heterocycles. The van der Waals surface area contributed by atoms with Gasteiger partial charge in [-0.05, 0) is 6.42 Å². The quantitative estimate of drug-likeness (QED) is 0.931. The molecule has 1 aliphatic rings. The second-order valence-electron chi connectivity index (χ2n) is 4.11. The van der Waals surface area contributed by atoms with Gasteiger partial charge in [-0.3, -0.25) is 4.98 Å². The number of nitrogens with zero attached hydrogens (tertiary/aromatic N) is 3. The first kappa shape index (κ1) is 11.9. The topological polar surface area (TPSA) is 50.7 Å². The summed E-state index contributed by atoms with van der Waals surface area (Å²) in [7, 11) is 0. The van der Waals surface area contributed by atoms with E-state index in [0.29, 0.717) is 0 Å². The Labute approximate surface area is 114 Å². The smallest absolute Gasteiger partial charge is 0.173 e. The lowest BCUT2D eigenvalue weighted by atomic mass is 10.2. The number of anilines is 1. The van der Waals surface area contributed by atoms with E-state index in [2.05, 4.69) is 27.2 Å². The zero-order valence-corrected chi connectivity index (χ0v) is 11.8. The molecule has 3 rings (SSSR count). The van der Waals surface area contributed by atoms with E-state index in [1.54, 1.807) is 11.3 Å². The van der Waals surface area contributed by atoms with Crippen molar-refractivity contribution in [3.05, 3.63) is 23.0 Å². The van der Waals surface area contributed by atoms with Gasteiger partial charge in [-0.15, -0.1) is 11.3 Å². The molecule has 3 heterocycles. The Morgan fingerprint density at radius 1 is 1.33 bits per heavy atom. The fourth-order valence-electron chi connectivity index (χ4n) is 1.88. The van der Waals surface area contributed by atoms with Crippen molar-refractivity contribution in [3.63, 3.8) is 0 Å². The summed E-state index contributed by atoms with van der Waals surface area (Å²) in [6, 6.07) is 0. The lowest BCUT2D eigenvalue weighted by Crippen LogP contribution is -2.07. The van der Waals surface area contributed by atoms with Gasteiger partial charge in [-0.1, -0.05) is 6.92 Å². The van der Waals surface area contributed by atoms with Gasteiger partial charge in [0.25, 0.3) is 0 Å². The Kier molecular flexibility index (Phi) is 3.47. The molecule has 0 bridgehead atoms. The van der Waals surface area contributed by atoms with Gasteiger partial charge in [0.1, 0.15) is 5.82 Å². The van der Waals surface area contributed by atoms with E-state index in [1.807, 2.05) is 23.5 Å². The van der Waals surface area contributed by atoms with E-state index in [9.17, 15) is 0 Å². The number of nitrogens with one attached hydrogen (secondary N) is 1. The van der Waals surface area contributed by atoms with Crippen LogP contribution in [0.3, 0.4) is 0 Å². The van der Waals surface area contributed by atoms with E-state index < -0.39 is 0 Å². The van der Waals surface area contributed by atoms with Crippen LogP contribution >= 0.6 is 23.1 Å². The summed E-state index contributed by atoms with van der Waals surface area (Å²) in [5, 5.41) is 3.42. The maximum Gasteiger partial charge on any atom is 0.173 e. The number of fused-ring (bicyclic) bond motifs is 1. The highest BCUT2D eigenvalue weighted by atomic mass is 32.2. The fourth-order valence-corrected chi connectivity index (χ4v) is 3.47. The molecule has 0 aliphatic carbocycles. The molecular formula is C12H14N4S2. The standard InChI is InChI=1S/C12H14N4S2/c1-2-3-14-11-8-5-17-6-9(8)15-12(16-11)10-4-13-7-18-10/h4,7H,2-3,5-6H2,1H3,(H,14,15,16). The van der Waals surface area contributed by atoms with Crippen molar-refractivity contribution in [1.29, 1.82) is 0 Å². The van der Waals surface area contributed by atoms with Gasteiger partial charge in [0, 0.05) is 29.8 Å². The van der Waals surface area contributed by atoms with Crippen LogP contribution in [0.4, 0.5) is 5.82 Å². The van der Waals surface area contributed by atoms with Crippen molar-refractivity contribution in [2.24, 2.45) is 0 Å². The first-order chi connectivity index (χ1) is 8.88. The van der Waals surface area contributed by atoms with Crippen LogP contribution < -0.4 is 5.32 Å². The largest absolute Gasteiger partial charge is 0.370 e. The molecule has 0 amide bonds. The van der Waals surface area contributed by atoms with Crippen LogP contribution in [0.15, 0.2) is 11.7 Å². The van der Waals surface area contributed by atoms with Gasteiger partial charge < -0.3 is 5.32 Å². The second kappa shape index (κ2) is 5.24. The second-order valence-corrected chi connectivity index (χ2v) is 5.98. The Morgan fingerprint density at radius 3 is 3.06 bits per heavy atom. The zero-order chi connectivity index (χ0) is 12.4. The molecule has 94 valence electrons. The molecule has 2 aromatic rings. The van der Waals surface area contributed by atoms with Crippen LogP contribution in [0.1, 0.15) is 24.6 Å². The third-order valence-electron chi connectivity index (χ3n) is 2.77. The monoisotopic (exact) mass is 278 g/mol. The van der Waals surface area contributed by atoms with Crippen LogP contribution in [-0.2, 0) is 11.5 Å². The fraction of sp³-hybridized carbons (Fsp3) is 0.417. The average molecular weight is 278 g/mol. The van der Waals surface area contributed by atoms with E-state index in [4.69, 9.17) is 0 Å². The van der Waals surface area contributed by atoms with Crippen LogP contribution in [-0.4, -0.2) is 21.5 Å². The van der Waals surface area contributed by atoms with Crippen molar-refractivity contribution >= 4 is 28.9 Å². The van der Waals surface area contributed by atoms with Gasteiger partial charge >= 0.3 is 0 Å². The van der Waals surface area contributed by atoms with Crippen LogP contribution in [0.5, 0.6) is 0 Å². The maximum absolute atomic E-state index is 4.66. The predicted octanol–water partition coefficient (Wildman–Crippen LogP) is 3.17. The minimum atomic E-state index is 0.803. The SMILES string of the molecule is CCCNc1nc(-c2cncs2)nc2c1CSC2. The Bertz CT molecular complexity index is 539. The Morgan fingerprint density at radius 2 is 2.28 bits per heavy atom. The molecule has 1 aliphatic heterocycles. The summed E-state index contributed by atoms with van der Waals surface area (Å²) in [6.45, 7) is 3.11. The first-order valence-electron chi connectivity index (χ1n) is 5.98. The third kappa shape index (κ3) is 2.22. The lowest BCUT2D eigenvalue weighted by Gasteiger charge is -2.10. The first-order valence-corrected chi connectivity index (χ1v) is 8.02. The van der Waals surface area contributed by atoms with Gasteiger partial charge in [0.2, 0.25) is 0 Å². The summed E-state index contributed by atoms with van der Waals surface area (Å²) >= 11 is 3.49. The molecule has 0 radical (unpaired) electrons. The van der Waals surface area contributed by atoms with Crippen molar-refractivity contribution in [1.82, 2.24) is 15.0 Å². The number of aromatic nitrogens is 3. The summed E-state index contributed by atoms with van der Waals surface area (Å²) in [5.74, 6) is 3.82. The molecule has 4 nitrogen and oxygen atoms in total. The highest BCUT2D eigenvalue weighted by Gasteiger charge is 2.20. The van der Waals surface area contributed by atoms with E-state index >= 15 is 0 Å². The van der Waals surface area contributed by atoms with Crippen LogP contribution in [0, 0.1) is 0 Å². The minimum Gasteiger partial charge on any atom is -0.370 e. The highest BCUT2D eigenvalue weighted by Crippen LogP contribution is 2.34. The van der Waals surface area contributed by atoms with Crippen LogP contribution in [0.25, 0.3) is 10.7 Å². The summed E-state index contributed by atoms with van der Waals surface area (Å²) in [6.07, 6.45) is 2.93.